The SMILES string of the molecule is Cc1ccc([C@H]2NC(=O)c3c(sc(C)c3C)N2)c(O)c1. The van der Waals surface area contributed by atoms with E-state index in [2.05, 4.69) is 10.6 Å². The normalized spacial score (nSPS) is 17.4. The van der Waals surface area contributed by atoms with Gasteiger partial charge in [-0.05, 0) is 38.0 Å². The van der Waals surface area contributed by atoms with Gasteiger partial charge in [-0.3, -0.25) is 4.79 Å². The fourth-order valence-corrected chi connectivity index (χ4v) is 3.51. The Balaban J connectivity index is 2.01. The molecule has 3 N–H and O–H groups in total. The molecule has 5 heteroatoms. The van der Waals surface area contributed by atoms with Crippen LogP contribution >= 0.6 is 11.3 Å². The number of aromatic hydroxyl groups is 1. The van der Waals surface area contributed by atoms with Gasteiger partial charge in [-0.15, -0.1) is 11.3 Å². The first-order valence-corrected chi connectivity index (χ1v) is 7.26. The number of rotatable bonds is 1. The third-order valence-electron chi connectivity index (χ3n) is 3.66. The number of hydrogen-bond acceptors (Lipinski definition) is 4. The van der Waals surface area contributed by atoms with E-state index in [1.54, 1.807) is 17.4 Å². The maximum Gasteiger partial charge on any atom is 0.256 e. The summed E-state index contributed by atoms with van der Waals surface area (Å²) in [4.78, 5) is 13.4. The zero-order valence-corrected chi connectivity index (χ0v) is 12.4. The minimum atomic E-state index is -0.395. The molecule has 0 bridgehead atoms. The number of fused-ring (bicyclic) bond motifs is 1. The second-order valence-corrected chi connectivity index (χ2v) is 6.33. The number of thiophene rings is 1. The summed E-state index contributed by atoms with van der Waals surface area (Å²) < 4.78 is 0. The van der Waals surface area contributed by atoms with E-state index in [1.165, 1.54) is 0 Å². The molecular formula is C15H16N2O2S. The van der Waals surface area contributed by atoms with E-state index in [-0.39, 0.29) is 11.7 Å². The van der Waals surface area contributed by atoms with Crippen LogP contribution in [0.1, 0.15) is 38.1 Å². The van der Waals surface area contributed by atoms with Gasteiger partial charge in [-0.2, -0.15) is 0 Å². The maximum absolute atomic E-state index is 12.3. The number of carbonyl (C=O) groups excluding carboxylic acids is 1. The van der Waals surface area contributed by atoms with Crippen molar-refractivity contribution < 1.29 is 9.90 Å². The Morgan fingerprint density at radius 1 is 1.20 bits per heavy atom. The molecule has 20 heavy (non-hydrogen) atoms. The Labute approximate surface area is 121 Å². The van der Waals surface area contributed by atoms with E-state index in [9.17, 15) is 9.90 Å². The van der Waals surface area contributed by atoms with Gasteiger partial charge >= 0.3 is 0 Å². The number of amides is 1. The van der Waals surface area contributed by atoms with E-state index in [0.29, 0.717) is 5.56 Å². The molecule has 4 nitrogen and oxygen atoms in total. The lowest BCUT2D eigenvalue weighted by atomic mass is 10.0. The maximum atomic E-state index is 12.3. The Hall–Kier alpha value is -2.01. The van der Waals surface area contributed by atoms with Crippen molar-refractivity contribution in [1.82, 2.24) is 5.32 Å². The second-order valence-electron chi connectivity index (χ2n) is 5.10. The molecule has 0 aliphatic carbocycles. The lowest BCUT2D eigenvalue weighted by Gasteiger charge is -2.27. The molecule has 0 saturated carbocycles. The Bertz CT molecular complexity index is 706. The highest BCUT2D eigenvalue weighted by Gasteiger charge is 2.29. The highest BCUT2D eigenvalue weighted by Crippen LogP contribution is 2.38. The first-order valence-electron chi connectivity index (χ1n) is 6.44. The topological polar surface area (TPSA) is 61.4 Å². The van der Waals surface area contributed by atoms with Gasteiger partial charge in [0.2, 0.25) is 0 Å². The number of hydrogen-bond donors (Lipinski definition) is 3. The molecule has 0 saturated heterocycles. The average molecular weight is 288 g/mol. The molecular weight excluding hydrogens is 272 g/mol. The van der Waals surface area contributed by atoms with Crippen molar-refractivity contribution in [2.24, 2.45) is 0 Å². The summed E-state index contributed by atoms with van der Waals surface area (Å²) in [5.74, 6) is 0.0989. The Kier molecular flexibility index (Phi) is 2.94. The number of phenols is 1. The van der Waals surface area contributed by atoms with Crippen LogP contribution in [-0.4, -0.2) is 11.0 Å². The lowest BCUT2D eigenvalue weighted by Crippen LogP contribution is -2.38. The molecule has 0 unspecified atom stereocenters. The van der Waals surface area contributed by atoms with Crippen LogP contribution in [0.5, 0.6) is 5.75 Å². The third kappa shape index (κ3) is 1.94. The summed E-state index contributed by atoms with van der Waals surface area (Å²) >= 11 is 1.57. The van der Waals surface area contributed by atoms with Gasteiger partial charge in [0.15, 0.2) is 0 Å². The van der Waals surface area contributed by atoms with Gasteiger partial charge in [0, 0.05) is 10.4 Å². The van der Waals surface area contributed by atoms with E-state index in [4.69, 9.17) is 0 Å². The number of anilines is 1. The van der Waals surface area contributed by atoms with Crippen LogP contribution in [0.4, 0.5) is 5.00 Å². The van der Waals surface area contributed by atoms with Crippen molar-refractivity contribution >= 4 is 22.2 Å². The molecule has 1 aromatic carbocycles. The fourth-order valence-electron chi connectivity index (χ4n) is 2.43. The highest BCUT2D eigenvalue weighted by molar-refractivity contribution is 7.16. The molecule has 1 aliphatic rings. The van der Waals surface area contributed by atoms with Crippen LogP contribution in [-0.2, 0) is 0 Å². The number of carbonyl (C=O) groups is 1. The summed E-state index contributed by atoms with van der Waals surface area (Å²) in [5, 5.41) is 17.1. The van der Waals surface area contributed by atoms with E-state index < -0.39 is 6.17 Å². The van der Waals surface area contributed by atoms with Crippen molar-refractivity contribution in [2.45, 2.75) is 26.9 Å². The van der Waals surface area contributed by atoms with Gasteiger partial charge in [-0.1, -0.05) is 12.1 Å². The summed E-state index contributed by atoms with van der Waals surface area (Å²) in [5.41, 5.74) is 3.40. The summed E-state index contributed by atoms with van der Waals surface area (Å²) in [7, 11) is 0. The number of aryl methyl sites for hydroxylation is 2. The zero-order chi connectivity index (χ0) is 14.4. The minimum absolute atomic E-state index is 0.0921. The smallest absolute Gasteiger partial charge is 0.256 e. The van der Waals surface area contributed by atoms with Crippen molar-refractivity contribution in [3.8, 4) is 5.75 Å². The van der Waals surface area contributed by atoms with Crippen molar-refractivity contribution in [2.75, 3.05) is 5.32 Å². The monoisotopic (exact) mass is 288 g/mol. The summed E-state index contributed by atoms with van der Waals surface area (Å²) in [6.07, 6.45) is -0.395. The van der Waals surface area contributed by atoms with Gasteiger partial charge in [0.25, 0.3) is 5.91 Å². The Morgan fingerprint density at radius 2 is 1.95 bits per heavy atom. The van der Waals surface area contributed by atoms with Crippen LogP contribution in [0, 0.1) is 20.8 Å². The van der Waals surface area contributed by atoms with Gasteiger partial charge in [0.1, 0.15) is 16.9 Å². The van der Waals surface area contributed by atoms with Crippen LogP contribution < -0.4 is 10.6 Å². The molecule has 3 rings (SSSR count). The molecule has 0 fully saturated rings. The van der Waals surface area contributed by atoms with E-state index in [1.807, 2.05) is 32.9 Å². The Morgan fingerprint density at radius 3 is 2.65 bits per heavy atom. The molecule has 1 amide bonds. The van der Waals surface area contributed by atoms with E-state index in [0.717, 1.165) is 26.6 Å². The third-order valence-corrected chi connectivity index (χ3v) is 4.80. The van der Waals surface area contributed by atoms with Gasteiger partial charge in [0.05, 0.1) is 5.56 Å². The van der Waals surface area contributed by atoms with Crippen molar-refractivity contribution in [3.05, 3.63) is 45.3 Å². The predicted molar refractivity (Wildman–Crippen MR) is 80.5 cm³/mol. The first kappa shape index (κ1) is 13.0. The molecule has 0 spiro atoms. The molecule has 2 aromatic rings. The fraction of sp³-hybridized carbons (Fsp3) is 0.267. The van der Waals surface area contributed by atoms with Crippen LogP contribution in [0.15, 0.2) is 18.2 Å². The van der Waals surface area contributed by atoms with Crippen LogP contribution in [0.2, 0.25) is 0 Å². The molecule has 1 aliphatic heterocycles. The molecule has 2 heterocycles. The molecule has 1 aromatic heterocycles. The van der Waals surface area contributed by atoms with Crippen LogP contribution in [0.3, 0.4) is 0 Å². The lowest BCUT2D eigenvalue weighted by molar-refractivity contribution is 0.0935. The standard InChI is InChI=1S/C15H16N2O2S/c1-7-4-5-10(11(18)6-7)13-16-14(19)12-8(2)9(3)20-15(12)17-13/h4-6,13,17-18H,1-3H3,(H,16,19)/t13-/m0/s1. The summed E-state index contributed by atoms with van der Waals surface area (Å²) in [6.45, 7) is 5.88. The second kappa shape index (κ2) is 4.52. The molecule has 104 valence electrons. The number of benzene rings is 1. The first-order chi connectivity index (χ1) is 9.47. The van der Waals surface area contributed by atoms with Crippen molar-refractivity contribution in [1.29, 1.82) is 0 Å². The van der Waals surface area contributed by atoms with Gasteiger partial charge < -0.3 is 15.7 Å². The highest BCUT2D eigenvalue weighted by atomic mass is 32.1. The summed E-state index contributed by atoms with van der Waals surface area (Å²) in [6, 6.07) is 5.45. The number of phenolic OH excluding ortho intramolecular Hbond substituents is 1. The molecule has 0 radical (unpaired) electrons. The predicted octanol–water partition coefficient (Wildman–Crippen LogP) is 3.23. The average Bonchev–Trinajstić information content (AvgIpc) is 2.65. The minimum Gasteiger partial charge on any atom is -0.508 e. The van der Waals surface area contributed by atoms with E-state index >= 15 is 0 Å². The number of nitrogens with one attached hydrogen (secondary N) is 2. The quantitative estimate of drug-likeness (QED) is 0.755. The van der Waals surface area contributed by atoms with Crippen molar-refractivity contribution in [3.63, 3.8) is 0 Å². The van der Waals surface area contributed by atoms with Crippen LogP contribution in [0.25, 0.3) is 0 Å². The molecule has 1 atom stereocenters. The van der Waals surface area contributed by atoms with Gasteiger partial charge in [-0.25, -0.2) is 0 Å². The zero-order valence-electron chi connectivity index (χ0n) is 11.6. The largest absolute Gasteiger partial charge is 0.508 e.